The Kier molecular flexibility index (Phi) is 5.20. The van der Waals surface area contributed by atoms with Crippen LogP contribution >= 0.6 is 0 Å². The maximum atomic E-state index is 12.0. The molecule has 0 amide bonds. The fraction of sp³-hybridized carbons (Fsp3) is 0.533. The van der Waals surface area contributed by atoms with E-state index in [2.05, 4.69) is 9.30 Å². The zero-order valence-electron chi connectivity index (χ0n) is 13.2. The number of hydrogen-bond acceptors (Lipinski definition) is 5. The average Bonchev–Trinajstić information content (AvgIpc) is 2.77. The van der Waals surface area contributed by atoms with Crippen LogP contribution < -0.4 is 0 Å². The van der Waals surface area contributed by atoms with Gasteiger partial charge in [-0.15, -0.1) is 4.40 Å². The van der Waals surface area contributed by atoms with Gasteiger partial charge in [-0.3, -0.25) is 0 Å². The Balaban J connectivity index is 2.13. The average molecular weight is 325 g/mol. The van der Waals surface area contributed by atoms with Gasteiger partial charge in [-0.1, -0.05) is 26.0 Å². The Bertz CT molecular complexity index is 654. The summed E-state index contributed by atoms with van der Waals surface area (Å²) in [5.74, 6) is 0.397. The number of fused-ring (bicyclic) bond motifs is 1. The molecule has 0 saturated heterocycles. The Hall–Kier alpha value is -1.44. The van der Waals surface area contributed by atoms with Crippen molar-refractivity contribution in [2.24, 2.45) is 4.40 Å². The summed E-state index contributed by atoms with van der Waals surface area (Å²) < 4.78 is 27.9. The largest absolute Gasteiger partial charge is 0.390 e. The number of benzene rings is 1. The van der Waals surface area contributed by atoms with E-state index in [4.69, 9.17) is 0 Å². The van der Waals surface area contributed by atoms with E-state index in [9.17, 15) is 13.5 Å². The van der Waals surface area contributed by atoms with Gasteiger partial charge in [0.2, 0.25) is 0 Å². The fourth-order valence-corrected chi connectivity index (χ4v) is 3.86. The van der Waals surface area contributed by atoms with Gasteiger partial charge in [-0.2, -0.15) is 8.42 Å². The molecule has 6 nitrogen and oxygen atoms in total. The summed E-state index contributed by atoms with van der Waals surface area (Å²) in [6.45, 7) is 6.72. The number of aliphatic hydroxyl groups is 1. The molecule has 1 atom stereocenters. The van der Waals surface area contributed by atoms with Crippen molar-refractivity contribution in [3.05, 3.63) is 29.8 Å². The fourth-order valence-electron chi connectivity index (χ4n) is 2.60. The van der Waals surface area contributed by atoms with Crippen LogP contribution in [0.15, 0.2) is 33.6 Å². The zero-order chi connectivity index (χ0) is 16.3. The second-order valence-electron chi connectivity index (χ2n) is 5.41. The van der Waals surface area contributed by atoms with Crippen LogP contribution in [0, 0.1) is 0 Å². The Morgan fingerprint density at radius 3 is 2.45 bits per heavy atom. The van der Waals surface area contributed by atoms with Gasteiger partial charge in [0.25, 0.3) is 10.0 Å². The molecule has 122 valence electrons. The third-order valence-electron chi connectivity index (χ3n) is 3.82. The number of rotatable bonds is 6. The molecule has 1 aliphatic rings. The summed E-state index contributed by atoms with van der Waals surface area (Å²) in [5, 5.41) is 10.2. The van der Waals surface area contributed by atoms with E-state index in [1.54, 1.807) is 36.2 Å². The lowest BCUT2D eigenvalue weighted by Gasteiger charge is -2.26. The summed E-state index contributed by atoms with van der Waals surface area (Å²) in [4.78, 5) is 4.06. The smallest absolute Gasteiger partial charge is 0.285 e. The van der Waals surface area contributed by atoms with Gasteiger partial charge in [0.05, 0.1) is 6.10 Å². The van der Waals surface area contributed by atoms with Gasteiger partial charge in [-0.25, -0.2) is 0 Å². The van der Waals surface area contributed by atoms with Crippen LogP contribution in [-0.4, -0.2) is 68.5 Å². The van der Waals surface area contributed by atoms with Gasteiger partial charge in [0.1, 0.15) is 4.90 Å². The van der Waals surface area contributed by atoms with Crippen LogP contribution in [-0.2, 0) is 10.0 Å². The maximum Gasteiger partial charge on any atom is 0.285 e. The van der Waals surface area contributed by atoms with Crippen molar-refractivity contribution in [3.63, 3.8) is 0 Å². The van der Waals surface area contributed by atoms with Gasteiger partial charge in [0.15, 0.2) is 5.84 Å². The Morgan fingerprint density at radius 1 is 1.18 bits per heavy atom. The monoisotopic (exact) mass is 325 g/mol. The van der Waals surface area contributed by atoms with E-state index < -0.39 is 16.1 Å². The van der Waals surface area contributed by atoms with Crippen molar-refractivity contribution >= 4 is 15.9 Å². The van der Waals surface area contributed by atoms with Crippen molar-refractivity contribution in [1.82, 2.24) is 9.80 Å². The molecule has 0 saturated carbocycles. The summed E-state index contributed by atoms with van der Waals surface area (Å²) in [6, 6.07) is 6.77. The molecule has 1 aromatic carbocycles. The molecule has 2 rings (SSSR count). The SMILES string of the molecule is CCN(CC)C[C@@H](O)CN(C)C1=NS(=O)(=O)c2ccccc21. The second-order valence-corrected chi connectivity index (χ2v) is 6.98. The molecule has 22 heavy (non-hydrogen) atoms. The van der Waals surface area contributed by atoms with Crippen LogP contribution in [0.4, 0.5) is 0 Å². The highest BCUT2D eigenvalue weighted by Crippen LogP contribution is 2.26. The molecule has 0 fully saturated rings. The van der Waals surface area contributed by atoms with Crippen LogP contribution in [0.1, 0.15) is 19.4 Å². The molecule has 0 aromatic heterocycles. The first kappa shape index (κ1) is 16.9. The first-order valence-electron chi connectivity index (χ1n) is 7.45. The molecule has 0 radical (unpaired) electrons. The lowest BCUT2D eigenvalue weighted by molar-refractivity contribution is 0.102. The first-order valence-corrected chi connectivity index (χ1v) is 8.89. The van der Waals surface area contributed by atoms with E-state index in [0.29, 0.717) is 24.5 Å². The van der Waals surface area contributed by atoms with Crippen molar-refractivity contribution in [1.29, 1.82) is 0 Å². The van der Waals surface area contributed by atoms with Crippen molar-refractivity contribution in [2.75, 3.05) is 33.2 Å². The highest BCUT2D eigenvalue weighted by molar-refractivity contribution is 7.90. The normalized spacial score (nSPS) is 17.2. The van der Waals surface area contributed by atoms with Gasteiger partial charge >= 0.3 is 0 Å². The summed E-state index contributed by atoms with van der Waals surface area (Å²) in [5.41, 5.74) is 0.597. The minimum absolute atomic E-state index is 0.232. The number of amidine groups is 1. The predicted molar refractivity (Wildman–Crippen MR) is 86.6 cm³/mol. The molecule has 1 N–H and O–H groups in total. The lowest BCUT2D eigenvalue weighted by Crippen LogP contribution is -2.41. The van der Waals surface area contributed by atoms with E-state index in [1.165, 1.54) is 0 Å². The molecule has 0 spiro atoms. The number of nitrogens with zero attached hydrogens (tertiary/aromatic N) is 3. The number of likely N-dealkylation sites (N-methyl/N-ethyl adjacent to an activating group) is 2. The van der Waals surface area contributed by atoms with Crippen molar-refractivity contribution in [3.8, 4) is 0 Å². The van der Waals surface area contributed by atoms with E-state index in [0.717, 1.165) is 13.1 Å². The molecule has 1 heterocycles. The van der Waals surface area contributed by atoms with Crippen molar-refractivity contribution in [2.45, 2.75) is 24.8 Å². The molecule has 7 heteroatoms. The Morgan fingerprint density at radius 2 is 1.82 bits per heavy atom. The van der Waals surface area contributed by atoms with Gasteiger partial charge in [-0.05, 0) is 25.2 Å². The summed E-state index contributed by atoms with van der Waals surface area (Å²) in [7, 11) is -1.86. The minimum atomic E-state index is -3.61. The minimum Gasteiger partial charge on any atom is -0.390 e. The summed E-state index contributed by atoms with van der Waals surface area (Å²) in [6.07, 6.45) is -0.567. The quantitative estimate of drug-likeness (QED) is 0.836. The molecule has 0 bridgehead atoms. The molecule has 1 aromatic rings. The molecular weight excluding hydrogens is 302 g/mol. The third-order valence-corrected chi connectivity index (χ3v) is 5.15. The maximum absolute atomic E-state index is 12.0. The van der Waals surface area contributed by atoms with Crippen LogP contribution in [0.2, 0.25) is 0 Å². The number of hydrogen-bond donors (Lipinski definition) is 1. The standard InChI is InChI=1S/C15H23N3O3S/c1-4-18(5-2)11-12(19)10-17(3)15-13-8-6-7-9-14(13)22(20,21)16-15/h6-9,12,19H,4-5,10-11H2,1-3H3/t12-/m0/s1. The van der Waals surface area contributed by atoms with Crippen LogP contribution in [0.3, 0.4) is 0 Å². The highest BCUT2D eigenvalue weighted by Gasteiger charge is 2.30. The number of sulfonamides is 1. The highest BCUT2D eigenvalue weighted by atomic mass is 32.2. The lowest BCUT2D eigenvalue weighted by atomic mass is 10.2. The zero-order valence-corrected chi connectivity index (χ0v) is 14.0. The van der Waals surface area contributed by atoms with E-state index in [-0.39, 0.29) is 4.90 Å². The predicted octanol–water partition coefficient (Wildman–Crippen LogP) is 0.770. The molecule has 1 aliphatic heterocycles. The van der Waals surface area contributed by atoms with E-state index in [1.807, 2.05) is 13.8 Å². The molecule has 0 unspecified atom stereocenters. The molecule has 0 aliphatic carbocycles. The summed E-state index contributed by atoms with van der Waals surface area (Å²) >= 11 is 0. The van der Waals surface area contributed by atoms with E-state index >= 15 is 0 Å². The number of aliphatic hydroxyl groups excluding tert-OH is 1. The third kappa shape index (κ3) is 3.48. The van der Waals surface area contributed by atoms with Crippen LogP contribution in [0.5, 0.6) is 0 Å². The Labute approximate surface area is 132 Å². The van der Waals surface area contributed by atoms with Crippen LogP contribution in [0.25, 0.3) is 0 Å². The first-order chi connectivity index (χ1) is 10.4. The second kappa shape index (κ2) is 6.76. The van der Waals surface area contributed by atoms with Gasteiger partial charge < -0.3 is 14.9 Å². The molecular formula is C15H23N3O3S. The van der Waals surface area contributed by atoms with Crippen molar-refractivity contribution < 1.29 is 13.5 Å². The van der Waals surface area contributed by atoms with Gasteiger partial charge in [0, 0.05) is 25.7 Å². The topological polar surface area (TPSA) is 73.2 Å².